The minimum absolute atomic E-state index is 0.178. The van der Waals surface area contributed by atoms with E-state index in [1.807, 2.05) is 11.9 Å². The van der Waals surface area contributed by atoms with Gasteiger partial charge in [0, 0.05) is 48.9 Å². The van der Waals surface area contributed by atoms with E-state index < -0.39 is 0 Å². The van der Waals surface area contributed by atoms with Crippen LogP contribution in [0.3, 0.4) is 0 Å². The van der Waals surface area contributed by atoms with Crippen molar-refractivity contribution in [1.29, 1.82) is 0 Å². The molecule has 2 aromatic carbocycles. The molecule has 164 valence electrons. The van der Waals surface area contributed by atoms with Crippen LogP contribution in [0, 0.1) is 5.92 Å². The molecular weight excluding hydrogens is 386 g/mol. The van der Waals surface area contributed by atoms with Gasteiger partial charge in [0.15, 0.2) is 0 Å². The average molecular weight is 420 g/mol. The molecule has 0 spiro atoms. The van der Waals surface area contributed by atoms with Crippen molar-refractivity contribution in [3.63, 3.8) is 0 Å². The third-order valence-corrected chi connectivity index (χ3v) is 7.48. The molecule has 2 aromatic rings. The molecule has 0 aromatic heterocycles. The lowest BCUT2D eigenvalue weighted by Crippen LogP contribution is -2.49. The molecule has 2 fully saturated rings. The maximum absolute atomic E-state index is 12.5. The first-order valence-electron chi connectivity index (χ1n) is 11.6. The summed E-state index contributed by atoms with van der Waals surface area (Å²) in [7, 11) is 3.65. The van der Waals surface area contributed by atoms with Crippen molar-refractivity contribution >= 4 is 11.6 Å². The predicted octanol–water partition coefficient (Wildman–Crippen LogP) is 4.14. The van der Waals surface area contributed by atoms with E-state index in [0.717, 1.165) is 42.8 Å². The van der Waals surface area contributed by atoms with E-state index in [0.29, 0.717) is 24.0 Å². The van der Waals surface area contributed by atoms with Gasteiger partial charge < -0.3 is 20.3 Å². The summed E-state index contributed by atoms with van der Waals surface area (Å²) in [5.74, 6) is 1.74. The second kappa shape index (κ2) is 8.29. The summed E-state index contributed by atoms with van der Waals surface area (Å²) in [6.07, 6.45) is 4.44. The zero-order valence-electron chi connectivity index (χ0n) is 18.7. The van der Waals surface area contributed by atoms with Crippen LogP contribution in [-0.4, -0.2) is 32.1 Å². The first-order chi connectivity index (χ1) is 15.1. The minimum Gasteiger partial charge on any atom is -0.496 e. The minimum atomic E-state index is 0.178. The number of carbonyl (C=O) groups is 1. The van der Waals surface area contributed by atoms with Crippen molar-refractivity contribution in [2.45, 2.75) is 63.2 Å². The maximum Gasteiger partial charge on any atom is 0.230 e. The molecule has 1 saturated carbocycles. The first kappa shape index (κ1) is 20.5. The molecule has 3 aliphatic rings. The number of fused-ring (bicyclic) bond motifs is 3. The van der Waals surface area contributed by atoms with Crippen LogP contribution >= 0.6 is 0 Å². The molecule has 1 aliphatic carbocycles. The van der Waals surface area contributed by atoms with E-state index in [1.54, 1.807) is 7.11 Å². The summed E-state index contributed by atoms with van der Waals surface area (Å²) < 4.78 is 5.77. The molecule has 2 unspecified atom stereocenters. The number of hydrogen-bond acceptors (Lipinski definition) is 4. The fourth-order valence-corrected chi connectivity index (χ4v) is 5.49. The van der Waals surface area contributed by atoms with Gasteiger partial charge in [-0.05, 0) is 54.9 Å². The standard InChI is InChI=1S/C26H33N3O2/c1-4-18-10-11-22(25(28-18)16-8-6-5-7-9-16)27-15-17-12-23-20(14-24(17)31-3)19-13-21(19)26(30)29(23)2/h5-9,12,14,18-19,21-22,25,27-28H,4,10-11,13,15H2,1-3H3/t18-,19?,21?,22-,25-/m1/s1. The van der Waals surface area contributed by atoms with Crippen LogP contribution in [0.4, 0.5) is 5.69 Å². The fraction of sp³-hybridized carbons (Fsp3) is 0.500. The predicted molar refractivity (Wildman–Crippen MR) is 124 cm³/mol. The van der Waals surface area contributed by atoms with Crippen LogP contribution in [0.2, 0.25) is 0 Å². The van der Waals surface area contributed by atoms with Crippen molar-refractivity contribution < 1.29 is 9.53 Å². The summed E-state index contributed by atoms with van der Waals surface area (Å²) in [6.45, 7) is 2.98. The van der Waals surface area contributed by atoms with Crippen molar-refractivity contribution in [2.75, 3.05) is 19.1 Å². The number of rotatable bonds is 6. The zero-order chi connectivity index (χ0) is 21.5. The van der Waals surface area contributed by atoms with E-state index in [2.05, 4.69) is 60.0 Å². The van der Waals surface area contributed by atoms with E-state index in [1.165, 1.54) is 17.5 Å². The Kier molecular flexibility index (Phi) is 5.49. The first-order valence-corrected chi connectivity index (χ1v) is 11.6. The van der Waals surface area contributed by atoms with Gasteiger partial charge in [-0.1, -0.05) is 37.3 Å². The van der Waals surface area contributed by atoms with Crippen LogP contribution in [0.5, 0.6) is 5.75 Å². The van der Waals surface area contributed by atoms with Crippen LogP contribution in [0.25, 0.3) is 0 Å². The van der Waals surface area contributed by atoms with E-state index in [9.17, 15) is 4.79 Å². The smallest absolute Gasteiger partial charge is 0.230 e. The monoisotopic (exact) mass is 419 g/mol. The Balaban J connectivity index is 1.38. The number of anilines is 1. The van der Waals surface area contributed by atoms with Crippen molar-refractivity contribution in [1.82, 2.24) is 10.6 Å². The Labute approximate surface area is 185 Å². The van der Waals surface area contributed by atoms with Gasteiger partial charge in [-0.15, -0.1) is 0 Å². The largest absolute Gasteiger partial charge is 0.496 e. The highest BCUT2D eigenvalue weighted by atomic mass is 16.5. The quantitative estimate of drug-likeness (QED) is 0.739. The second-order valence-corrected chi connectivity index (χ2v) is 9.29. The Morgan fingerprint density at radius 2 is 1.97 bits per heavy atom. The number of nitrogens with one attached hydrogen (secondary N) is 2. The van der Waals surface area contributed by atoms with Crippen LogP contribution in [-0.2, 0) is 11.3 Å². The van der Waals surface area contributed by atoms with E-state index in [4.69, 9.17) is 4.74 Å². The van der Waals surface area contributed by atoms with Gasteiger partial charge in [-0.2, -0.15) is 0 Å². The van der Waals surface area contributed by atoms with Crippen molar-refractivity contribution in [2.24, 2.45) is 5.92 Å². The topological polar surface area (TPSA) is 53.6 Å². The maximum atomic E-state index is 12.5. The summed E-state index contributed by atoms with van der Waals surface area (Å²) in [5.41, 5.74) is 4.76. The molecule has 5 atom stereocenters. The molecule has 1 amide bonds. The molecule has 0 bridgehead atoms. The number of amides is 1. The fourth-order valence-electron chi connectivity index (χ4n) is 5.49. The van der Waals surface area contributed by atoms with Crippen LogP contribution in [0.15, 0.2) is 42.5 Å². The lowest BCUT2D eigenvalue weighted by molar-refractivity contribution is -0.119. The van der Waals surface area contributed by atoms with Crippen LogP contribution < -0.4 is 20.3 Å². The second-order valence-electron chi connectivity index (χ2n) is 9.29. The summed E-state index contributed by atoms with van der Waals surface area (Å²) in [4.78, 5) is 14.4. The summed E-state index contributed by atoms with van der Waals surface area (Å²) >= 11 is 0. The molecule has 2 heterocycles. The third kappa shape index (κ3) is 3.74. The molecule has 2 N–H and O–H groups in total. The summed E-state index contributed by atoms with van der Waals surface area (Å²) in [5, 5.41) is 7.68. The Morgan fingerprint density at radius 3 is 2.71 bits per heavy atom. The number of hydrogen-bond donors (Lipinski definition) is 2. The normalized spacial score (nSPS) is 29.3. The zero-order valence-corrected chi connectivity index (χ0v) is 18.7. The lowest BCUT2D eigenvalue weighted by Gasteiger charge is -2.38. The van der Waals surface area contributed by atoms with E-state index in [-0.39, 0.29) is 11.8 Å². The van der Waals surface area contributed by atoms with Crippen molar-refractivity contribution in [3.8, 4) is 5.75 Å². The molecular formula is C26H33N3O2. The summed E-state index contributed by atoms with van der Waals surface area (Å²) in [6, 6.07) is 16.3. The number of ether oxygens (including phenoxy) is 1. The number of benzene rings is 2. The molecule has 1 saturated heterocycles. The van der Waals surface area contributed by atoms with Gasteiger partial charge in [0.2, 0.25) is 5.91 Å². The number of piperidine rings is 1. The molecule has 0 radical (unpaired) electrons. The highest BCUT2D eigenvalue weighted by Gasteiger charge is 2.50. The third-order valence-electron chi connectivity index (χ3n) is 7.48. The van der Waals surface area contributed by atoms with Gasteiger partial charge in [0.25, 0.3) is 0 Å². The number of nitrogens with zero attached hydrogens (tertiary/aromatic N) is 1. The van der Waals surface area contributed by atoms with Gasteiger partial charge >= 0.3 is 0 Å². The van der Waals surface area contributed by atoms with Crippen LogP contribution in [0.1, 0.15) is 61.3 Å². The average Bonchev–Trinajstić information content (AvgIpc) is 3.62. The molecule has 5 nitrogen and oxygen atoms in total. The number of carbonyl (C=O) groups excluding carboxylic acids is 1. The van der Waals surface area contributed by atoms with Gasteiger partial charge in [-0.25, -0.2) is 0 Å². The van der Waals surface area contributed by atoms with Crippen molar-refractivity contribution in [3.05, 3.63) is 59.2 Å². The van der Waals surface area contributed by atoms with E-state index >= 15 is 0 Å². The highest BCUT2D eigenvalue weighted by Crippen LogP contribution is 2.56. The Bertz CT molecular complexity index is 961. The SMILES string of the molecule is CC[C@@H]1CC[C@@H](NCc2cc3c(cc2OC)C2CC2C(=O)N3C)[C@@H](c2ccccc2)N1. The highest BCUT2D eigenvalue weighted by molar-refractivity contribution is 6.01. The molecule has 31 heavy (non-hydrogen) atoms. The Hall–Kier alpha value is -2.37. The molecule has 5 heteroatoms. The lowest BCUT2D eigenvalue weighted by atomic mass is 9.88. The molecule has 5 rings (SSSR count). The van der Waals surface area contributed by atoms with Gasteiger partial charge in [-0.3, -0.25) is 4.79 Å². The Morgan fingerprint density at radius 1 is 1.16 bits per heavy atom. The number of methoxy groups -OCH3 is 1. The molecule has 2 aliphatic heterocycles. The van der Waals surface area contributed by atoms with Gasteiger partial charge in [0.05, 0.1) is 7.11 Å². The van der Waals surface area contributed by atoms with Gasteiger partial charge in [0.1, 0.15) is 5.75 Å².